The fourth-order valence-electron chi connectivity index (χ4n) is 5.49. The average molecular weight is 523 g/mol. The molecule has 0 aliphatic rings. The molecule has 6 aromatic carbocycles. The standard InChI is InChI=1S/C38H22N2O/c39-23-25-11-13-26(14-12-25)29-15-17-32-33-18-16-30(22-38(33)41-37(32)21-29)31-19-34(27-7-3-1-4-8-27)36(24-40)35(20-31)28-9-5-2-6-10-28/h1-22H. The van der Waals surface area contributed by atoms with Crippen LogP contribution in [0.15, 0.2) is 138 Å². The average Bonchev–Trinajstić information content (AvgIpc) is 3.42. The molecular weight excluding hydrogens is 500 g/mol. The second kappa shape index (κ2) is 10.0. The van der Waals surface area contributed by atoms with E-state index in [4.69, 9.17) is 9.68 Å². The molecule has 7 aromatic rings. The third kappa shape index (κ3) is 4.33. The second-order valence-corrected chi connectivity index (χ2v) is 10.0. The molecule has 0 aliphatic heterocycles. The van der Waals surface area contributed by atoms with Crippen LogP contribution in [-0.4, -0.2) is 0 Å². The van der Waals surface area contributed by atoms with Crippen LogP contribution < -0.4 is 0 Å². The Hall–Kier alpha value is -5.90. The predicted octanol–water partition coefficient (Wildman–Crippen LogP) is 10.00. The van der Waals surface area contributed by atoms with E-state index in [1.165, 1.54) is 0 Å². The van der Waals surface area contributed by atoms with Crippen molar-refractivity contribution in [2.24, 2.45) is 0 Å². The van der Waals surface area contributed by atoms with Crippen LogP contribution in [0.3, 0.4) is 0 Å². The highest BCUT2D eigenvalue weighted by molar-refractivity contribution is 6.07. The van der Waals surface area contributed by atoms with E-state index >= 15 is 0 Å². The Morgan fingerprint density at radius 3 is 1.39 bits per heavy atom. The molecule has 0 spiro atoms. The summed E-state index contributed by atoms with van der Waals surface area (Å²) in [6.45, 7) is 0. The Bertz CT molecular complexity index is 2080. The minimum absolute atomic E-state index is 0.639. The van der Waals surface area contributed by atoms with Gasteiger partial charge in [0.2, 0.25) is 0 Å². The van der Waals surface area contributed by atoms with Gasteiger partial charge in [-0.05, 0) is 81.9 Å². The first-order valence-corrected chi connectivity index (χ1v) is 13.4. The quantitative estimate of drug-likeness (QED) is 0.231. The molecule has 0 atom stereocenters. The first-order chi connectivity index (χ1) is 20.2. The van der Waals surface area contributed by atoms with Crippen molar-refractivity contribution in [3.63, 3.8) is 0 Å². The van der Waals surface area contributed by atoms with E-state index in [1.807, 2.05) is 84.9 Å². The maximum Gasteiger partial charge on any atom is 0.136 e. The molecular formula is C38H22N2O. The van der Waals surface area contributed by atoms with Gasteiger partial charge < -0.3 is 4.42 Å². The second-order valence-electron chi connectivity index (χ2n) is 10.0. The van der Waals surface area contributed by atoms with Gasteiger partial charge in [0.1, 0.15) is 17.2 Å². The zero-order valence-corrected chi connectivity index (χ0v) is 22.0. The van der Waals surface area contributed by atoms with Gasteiger partial charge in [-0.3, -0.25) is 0 Å². The summed E-state index contributed by atoms with van der Waals surface area (Å²) >= 11 is 0. The van der Waals surface area contributed by atoms with Gasteiger partial charge in [0, 0.05) is 21.9 Å². The van der Waals surface area contributed by atoms with Crippen molar-refractivity contribution < 1.29 is 4.42 Å². The normalized spacial score (nSPS) is 10.9. The highest BCUT2D eigenvalue weighted by Gasteiger charge is 2.16. The largest absolute Gasteiger partial charge is 0.456 e. The van der Waals surface area contributed by atoms with Crippen molar-refractivity contribution >= 4 is 21.9 Å². The van der Waals surface area contributed by atoms with E-state index in [9.17, 15) is 5.26 Å². The van der Waals surface area contributed by atoms with E-state index < -0.39 is 0 Å². The van der Waals surface area contributed by atoms with Gasteiger partial charge in [-0.1, -0.05) is 84.9 Å². The first-order valence-electron chi connectivity index (χ1n) is 13.4. The van der Waals surface area contributed by atoms with Gasteiger partial charge in [-0.15, -0.1) is 0 Å². The lowest BCUT2D eigenvalue weighted by Crippen LogP contribution is -1.92. The maximum atomic E-state index is 10.3. The predicted molar refractivity (Wildman–Crippen MR) is 165 cm³/mol. The minimum Gasteiger partial charge on any atom is -0.456 e. The summed E-state index contributed by atoms with van der Waals surface area (Å²) in [6, 6.07) is 49.1. The highest BCUT2D eigenvalue weighted by atomic mass is 16.3. The van der Waals surface area contributed by atoms with Crippen LogP contribution in [0.5, 0.6) is 0 Å². The van der Waals surface area contributed by atoms with Crippen LogP contribution in [0.4, 0.5) is 0 Å². The van der Waals surface area contributed by atoms with E-state index in [-0.39, 0.29) is 0 Å². The van der Waals surface area contributed by atoms with Crippen LogP contribution in [-0.2, 0) is 0 Å². The number of benzene rings is 6. The van der Waals surface area contributed by atoms with Gasteiger partial charge in [0.05, 0.1) is 17.2 Å². The third-order valence-corrected chi connectivity index (χ3v) is 7.57. The monoisotopic (exact) mass is 522 g/mol. The summed E-state index contributed by atoms with van der Waals surface area (Å²) in [7, 11) is 0. The van der Waals surface area contributed by atoms with Gasteiger partial charge in [-0.2, -0.15) is 10.5 Å². The molecule has 0 saturated carbocycles. The highest BCUT2D eigenvalue weighted by Crippen LogP contribution is 2.39. The number of nitriles is 2. The summed E-state index contributed by atoms with van der Waals surface area (Å²) < 4.78 is 6.39. The number of fused-ring (bicyclic) bond motifs is 3. The van der Waals surface area contributed by atoms with E-state index in [2.05, 4.69) is 60.7 Å². The fraction of sp³-hybridized carbons (Fsp3) is 0. The third-order valence-electron chi connectivity index (χ3n) is 7.57. The van der Waals surface area contributed by atoms with E-state index in [1.54, 1.807) is 0 Å². The Labute approximate surface area is 237 Å². The number of rotatable bonds is 4. The van der Waals surface area contributed by atoms with Crippen molar-refractivity contribution in [2.75, 3.05) is 0 Å². The Kier molecular flexibility index (Phi) is 5.90. The lowest BCUT2D eigenvalue weighted by molar-refractivity contribution is 0.669. The molecule has 7 rings (SSSR count). The smallest absolute Gasteiger partial charge is 0.136 e. The van der Waals surface area contributed by atoms with Crippen LogP contribution in [0.2, 0.25) is 0 Å². The maximum absolute atomic E-state index is 10.3. The Morgan fingerprint density at radius 1 is 0.415 bits per heavy atom. The van der Waals surface area contributed by atoms with Crippen molar-refractivity contribution in [3.05, 3.63) is 145 Å². The summed E-state index contributed by atoms with van der Waals surface area (Å²) in [6.07, 6.45) is 0. The first kappa shape index (κ1) is 24.2. The molecule has 0 unspecified atom stereocenters. The summed E-state index contributed by atoms with van der Waals surface area (Å²) in [4.78, 5) is 0. The summed E-state index contributed by atoms with van der Waals surface area (Å²) in [5, 5.41) is 21.5. The molecule has 41 heavy (non-hydrogen) atoms. The molecule has 3 heteroatoms. The van der Waals surface area contributed by atoms with E-state index in [0.29, 0.717) is 11.1 Å². The molecule has 0 fully saturated rings. The molecule has 1 heterocycles. The molecule has 3 nitrogen and oxygen atoms in total. The molecule has 0 saturated heterocycles. The molecule has 190 valence electrons. The SMILES string of the molecule is N#Cc1ccc(-c2ccc3c(c2)oc2cc(-c4cc(-c5ccccc5)c(C#N)c(-c5ccccc5)c4)ccc23)cc1. The zero-order valence-electron chi connectivity index (χ0n) is 22.0. The molecule has 0 amide bonds. The van der Waals surface area contributed by atoms with Crippen molar-refractivity contribution in [1.29, 1.82) is 10.5 Å². The topological polar surface area (TPSA) is 60.7 Å². The van der Waals surface area contributed by atoms with Crippen molar-refractivity contribution in [3.8, 4) is 56.6 Å². The molecule has 1 aromatic heterocycles. The number of hydrogen-bond donors (Lipinski definition) is 0. The Balaban J connectivity index is 1.38. The van der Waals surface area contributed by atoms with Gasteiger partial charge >= 0.3 is 0 Å². The van der Waals surface area contributed by atoms with Crippen LogP contribution >= 0.6 is 0 Å². The lowest BCUT2D eigenvalue weighted by atomic mass is 9.88. The molecule has 0 radical (unpaired) electrons. The number of nitrogens with zero attached hydrogens (tertiary/aromatic N) is 2. The van der Waals surface area contributed by atoms with Crippen LogP contribution in [0, 0.1) is 22.7 Å². The van der Waals surface area contributed by atoms with Gasteiger partial charge in [0.15, 0.2) is 0 Å². The summed E-state index contributed by atoms with van der Waals surface area (Å²) in [5.41, 5.74) is 10.8. The van der Waals surface area contributed by atoms with Crippen molar-refractivity contribution in [1.82, 2.24) is 0 Å². The van der Waals surface area contributed by atoms with E-state index in [0.717, 1.165) is 66.4 Å². The summed E-state index contributed by atoms with van der Waals surface area (Å²) in [5.74, 6) is 0. The lowest BCUT2D eigenvalue weighted by Gasteiger charge is -2.14. The van der Waals surface area contributed by atoms with Gasteiger partial charge in [-0.25, -0.2) is 0 Å². The van der Waals surface area contributed by atoms with Crippen LogP contribution in [0.25, 0.3) is 66.4 Å². The van der Waals surface area contributed by atoms with Crippen LogP contribution in [0.1, 0.15) is 11.1 Å². The van der Waals surface area contributed by atoms with Crippen molar-refractivity contribution in [2.45, 2.75) is 0 Å². The fourth-order valence-corrected chi connectivity index (χ4v) is 5.49. The number of hydrogen-bond acceptors (Lipinski definition) is 3. The molecule has 0 aliphatic carbocycles. The molecule has 0 bridgehead atoms. The zero-order chi connectivity index (χ0) is 27.8. The minimum atomic E-state index is 0.639. The molecule has 0 N–H and O–H groups in total. The number of furan rings is 1. The Morgan fingerprint density at radius 2 is 0.902 bits per heavy atom. The van der Waals surface area contributed by atoms with Gasteiger partial charge in [0.25, 0.3) is 0 Å².